The predicted octanol–water partition coefficient (Wildman–Crippen LogP) is 7.26. The van der Waals surface area contributed by atoms with E-state index in [9.17, 15) is 15.1 Å². The molecular formula is C37H35N3O6S. The molecule has 0 radical (unpaired) electrons. The van der Waals surface area contributed by atoms with Crippen molar-refractivity contribution in [3.63, 3.8) is 0 Å². The van der Waals surface area contributed by atoms with E-state index >= 15 is 0 Å². The minimum absolute atomic E-state index is 0.0242. The lowest BCUT2D eigenvalue weighted by Crippen LogP contribution is -2.32. The molecule has 1 fully saturated rings. The summed E-state index contributed by atoms with van der Waals surface area (Å²) in [6, 6.07) is 37.2. The minimum Gasteiger partial charge on any atom is -0.618 e. The van der Waals surface area contributed by atoms with E-state index < -0.39 is 6.29 Å². The molecule has 3 N–H and O–H groups in total. The molecule has 47 heavy (non-hydrogen) atoms. The Hall–Kier alpha value is -4.87. The van der Waals surface area contributed by atoms with Gasteiger partial charge in [0.05, 0.1) is 18.8 Å². The number of amides is 2. The molecule has 6 rings (SSSR count). The van der Waals surface area contributed by atoms with E-state index in [0.717, 1.165) is 32.7 Å². The minimum atomic E-state index is -0.619. The smallest absolute Gasteiger partial charge is 0.319 e. The lowest BCUT2D eigenvalue weighted by atomic mass is 10.0. The van der Waals surface area contributed by atoms with Crippen LogP contribution in [0, 0.1) is 5.21 Å². The van der Waals surface area contributed by atoms with Crippen LogP contribution < -0.4 is 20.1 Å². The summed E-state index contributed by atoms with van der Waals surface area (Å²) in [6.07, 6.45) is 1.08. The van der Waals surface area contributed by atoms with Crippen LogP contribution in [0.3, 0.4) is 0 Å². The average Bonchev–Trinajstić information content (AvgIpc) is 3.12. The standard InChI is InChI=1S/C37H35N3O6S/c41-24-27-11-13-28(14-12-27)34-22-33(25-47-35-8-4-5-21-40(35)43)45-36(46-34)29-15-9-26(10-16-29)23-38-37(42)39-30-17-19-32(20-18-30)44-31-6-2-1-3-7-31/h1-21,33-34,36,41H,22-25H2,(H2,38,39,42). The normalized spacial score (nSPS) is 17.5. The van der Waals surface area contributed by atoms with Crippen LogP contribution in [0.25, 0.3) is 0 Å². The van der Waals surface area contributed by atoms with Crippen LogP contribution in [-0.2, 0) is 22.6 Å². The van der Waals surface area contributed by atoms with E-state index in [2.05, 4.69) is 10.6 Å². The molecule has 2 amide bonds. The van der Waals surface area contributed by atoms with E-state index in [1.54, 1.807) is 36.4 Å². The summed E-state index contributed by atoms with van der Waals surface area (Å²) < 4.78 is 19.5. The number of aliphatic hydroxyl groups excluding tert-OH is 1. The second-order valence-electron chi connectivity index (χ2n) is 11.0. The van der Waals surface area contributed by atoms with E-state index in [-0.39, 0.29) is 24.8 Å². The number of carbonyl (C=O) groups excluding carboxylic acids is 1. The first-order valence-electron chi connectivity index (χ1n) is 15.3. The molecule has 3 unspecified atom stereocenters. The van der Waals surface area contributed by atoms with Gasteiger partial charge in [-0.2, -0.15) is 4.73 Å². The Labute approximate surface area is 277 Å². The molecule has 0 saturated carbocycles. The van der Waals surface area contributed by atoms with Crippen molar-refractivity contribution in [1.29, 1.82) is 0 Å². The number of hydrogen-bond donors (Lipinski definition) is 3. The van der Waals surface area contributed by atoms with Crippen molar-refractivity contribution in [3.05, 3.63) is 155 Å². The molecule has 0 bridgehead atoms. The molecule has 1 aliphatic rings. The summed E-state index contributed by atoms with van der Waals surface area (Å²) in [7, 11) is 0. The number of aromatic nitrogens is 1. The molecular weight excluding hydrogens is 614 g/mol. The predicted molar refractivity (Wildman–Crippen MR) is 180 cm³/mol. The van der Waals surface area contributed by atoms with E-state index in [1.807, 2.05) is 84.9 Å². The second kappa shape index (κ2) is 15.6. The zero-order chi connectivity index (χ0) is 32.4. The molecule has 10 heteroatoms. The Bertz CT molecular complexity index is 1740. The summed E-state index contributed by atoms with van der Waals surface area (Å²) >= 11 is 1.45. The highest BCUT2D eigenvalue weighted by molar-refractivity contribution is 7.99. The quantitative estimate of drug-likeness (QED) is 0.0784. The van der Waals surface area contributed by atoms with E-state index in [1.165, 1.54) is 18.0 Å². The number of rotatable bonds is 11. The van der Waals surface area contributed by atoms with Gasteiger partial charge in [0.15, 0.2) is 12.5 Å². The number of pyridine rings is 1. The fourth-order valence-electron chi connectivity index (χ4n) is 5.11. The number of carbonyl (C=O) groups is 1. The van der Waals surface area contributed by atoms with Crippen molar-refractivity contribution >= 4 is 23.5 Å². The SMILES string of the molecule is O=C(NCc1ccc(C2OC(CSc3cccc[n+]3[O-])CC(c3ccc(CO)cc3)O2)cc1)Nc1ccc(Oc2ccccc2)cc1. The van der Waals surface area contributed by atoms with Crippen molar-refractivity contribution in [3.8, 4) is 11.5 Å². The number of para-hydroxylation sites is 1. The molecule has 0 aliphatic carbocycles. The van der Waals surface area contributed by atoms with Crippen LogP contribution in [0.2, 0.25) is 0 Å². The largest absolute Gasteiger partial charge is 0.618 e. The molecule has 2 heterocycles. The summed E-state index contributed by atoms with van der Waals surface area (Å²) in [5, 5.41) is 28.0. The number of thioether (sulfide) groups is 1. The van der Waals surface area contributed by atoms with Crippen molar-refractivity contribution in [2.24, 2.45) is 0 Å². The number of urea groups is 1. The molecule has 1 saturated heterocycles. The molecule has 9 nitrogen and oxygen atoms in total. The van der Waals surface area contributed by atoms with Crippen LogP contribution in [0.15, 0.2) is 133 Å². The number of aliphatic hydroxyl groups is 1. The summed E-state index contributed by atoms with van der Waals surface area (Å²) in [4.78, 5) is 12.6. The number of anilines is 1. The Morgan fingerprint density at radius 1 is 0.830 bits per heavy atom. The van der Waals surface area contributed by atoms with Gasteiger partial charge in [-0.1, -0.05) is 78.5 Å². The van der Waals surface area contributed by atoms with Gasteiger partial charge >= 0.3 is 6.03 Å². The summed E-state index contributed by atoms with van der Waals surface area (Å²) in [6.45, 7) is 0.308. The van der Waals surface area contributed by atoms with Crippen LogP contribution in [0.1, 0.15) is 41.1 Å². The van der Waals surface area contributed by atoms with Crippen molar-refractivity contribution in [2.75, 3.05) is 11.1 Å². The monoisotopic (exact) mass is 649 g/mol. The summed E-state index contributed by atoms with van der Waals surface area (Å²) in [5.74, 6) is 2.00. The molecule has 3 atom stereocenters. The zero-order valence-corrected chi connectivity index (χ0v) is 26.3. The first-order valence-corrected chi connectivity index (χ1v) is 16.3. The van der Waals surface area contributed by atoms with Gasteiger partial charge in [0, 0.05) is 42.1 Å². The van der Waals surface area contributed by atoms with Crippen LogP contribution >= 0.6 is 11.8 Å². The number of nitrogens with one attached hydrogen (secondary N) is 2. The number of benzene rings is 4. The van der Waals surface area contributed by atoms with E-state index in [0.29, 0.717) is 35.2 Å². The van der Waals surface area contributed by atoms with Gasteiger partial charge < -0.3 is 35.2 Å². The van der Waals surface area contributed by atoms with Crippen LogP contribution in [0.4, 0.5) is 10.5 Å². The highest BCUT2D eigenvalue weighted by Gasteiger charge is 2.32. The van der Waals surface area contributed by atoms with Crippen molar-refractivity contribution in [1.82, 2.24) is 5.32 Å². The molecule has 240 valence electrons. The third-order valence-electron chi connectivity index (χ3n) is 7.62. The van der Waals surface area contributed by atoms with Gasteiger partial charge in [0.1, 0.15) is 11.5 Å². The maximum Gasteiger partial charge on any atom is 0.319 e. The van der Waals surface area contributed by atoms with Gasteiger partial charge in [-0.25, -0.2) is 4.79 Å². The maximum atomic E-state index is 12.6. The Morgan fingerprint density at radius 3 is 2.23 bits per heavy atom. The Morgan fingerprint density at radius 2 is 1.51 bits per heavy atom. The third-order valence-corrected chi connectivity index (χ3v) is 8.77. The van der Waals surface area contributed by atoms with Gasteiger partial charge in [-0.05, 0) is 59.2 Å². The lowest BCUT2D eigenvalue weighted by Gasteiger charge is -2.36. The molecule has 1 aromatic heterocycles. The molecule has 0 spiro atoms. The van der Waals surface area contributed by atoms with Crippen LogP contribution in [0.5, 0.6) is 11.5 Å². The Balaban J connectivity index is 1.05. The van der Waals surface area contributed by atoms with Crippen LogP contribution in [-0.4, -0.2) is 23.0 Å². The van der Waals surface area contributed by atoms with E-state index in [4.69, 9.17) is 14.2 Å². The molecule has 5 aromatic rings. The maximum absolute atomic E-state index is 12.6. The number of nitrogens with zero attached hydrogens (tertiary/aromatic N) is 1. The third kappa shape index (κ3) is 8.90. The molecule has 1 aliphatic heterocycles. The number of ether oxygens (including phenoxy) is 3. The van der Waals surface area contributed by atoms with Gasteiger partial charge in [0.25, 0.3) is 5.03 Å². The fourth-order valence-corrected chi connectivity index (χ4v) is 6.04. The second-order valence-corrected chi connectivity index (χ2v) is 12.1. The summed E-state index contributed by atoms with van der Waals surface area (Å²) in [5.41, 5.74) is 4.24. The average molecular weight is 650 g/mol. The highest BCUT2D eigenvalue weighted by atomic mass is 32.2. The fraction of sp³-hybridized carbons (Fsp3) is 0.189. The van der Waals surface area contributed by atoms with Crippen molar-refractivity contribution < 1.29 is 28.8 Å². The first kappa shape index (κ1) is 32.1. The lowest BCUT2D eigenvalue weighted by molar-refractivity contribution is -0.645. The van der Waals surface area contributed by atoms with Gasteiger partial charge in [-0.3, -0.25) is 0 Å². The highest BCUT2D eigenvalue weighted by Crippen LogP contribution is 2.39. The Kier molecular flexibility index (Phi) is 10.7. The van der Waals surface area contributed by atoms with Gasteiger partial charge in [0.2, 0.25) is 0 Å². The zero-order valence-electron chi connectivity index (χ0n) is 25.5. The van der Waals surface area contributed by atoms with Crippen molar-refractivity contribution in [2.45, 2.75) is 43.1 Å². The molecule has 4 aromatic carbocycles. The first-order chi connectivity index (χ1) is 23.0. The topological polar surface area (TPSA) is 116 Å². The number of hydrogen-bond acceptors (Lipinski definition) is 7. The van der Waals surface area contributed by atoms with Gasteiger partial charge in [-0.15, -0.1) is 0 Å².